The molecule has 1 amide bonds. The molecule has 3 heterocycles. The summed E-state index contributed by atoms with van der Waals surface area (Å²) in [5.74, 6) is 0.413. The van der Waals surface area contributed by atoms with Crippen LogP contribution in [0.15, 0.2) is 59.6 Å². The van der Waals surface area contributed by atoms with Crippen LogP contribution in [-0.4, -0.2) is 46.0 Å². The predicted octanol–water partition coefficient (Wildman–Crippen LogP) is 2.35. The van der Waals surface area contributed by atoms with Crippen LogP contribution < -0.4 is 5.32 Å². The molecule has 2 aromatic heterocycles. The lowest BCUT2D eigenvalue weighted by atomic mass is 10.2. The van der Waals surface area contributed by atoms with Crippen LogP contribution in [0.4, 0.5) is 0 Å². The molecule has 1 aliphatic rings. The van der Waals surface area contributed by atoms with Crippen LogP contribution in [-0.2, 0) is 21.4 Å². The second kappa shape index (κ2) is 8.60. The van der Waals surface area contributed by atoms with Crippen LogP contribution in [0.25, 0.3) is 5.82 Å². The Bertz CT molecular complexity index is 1170. The van der Waals surface area contributed by atoms with Crippen molar-refractivity contribution < 1.29 is 13.2 Å². The van der Waals surface area contributed by atoms with Gasteiger partial charge in [-0.15, -0.1) is 0 Å². The summed E-state index contributed by atoms with van der Waals surface area (Å²) in [7, 11) is -3.70. The highest BCUT2D eigenvalue weighted by Gasteiger charge is 2.39. The van der Waals surface area contributed by atoms with Crippen molar-refractivity contribution in [2.75, 3.05) is 6.54 Å². The number of pyridine rings is 1. The second-order valence-electron chi connectivity index (χ2n) is 7.67. The molecule has 0 spiro atoms. The van der Waals surface area contributed by atoms with E-state index in [4.69, 9.17) is 0 Å². The molecule has 0 aliphatic carbocycles. The predicted molar refractivity (Wildman–Crippen MR) is 116 cm³/mol. The van der Waals surface area contributed by atoms with Crippen LogP contribution in [0.5, 0.6) is 0 Å². The Morgan fingerprint density at radius 3 is 2.58 bits per heavy atom. The number of nitrogens with one attached hydrogen (secondary N) is 1. The number of amides is 1. The van der Waals surface area contributed by atoms with Gasteiger partial charge in [0.1, 0.15) is 6.04 Å². The molecule has 0 bridgehead atoms. The summed E-state index contributed by atoms with van der Waals surface area (Å²) in [6, 6.07) is 13.2. The van der Waals surface area contributed by atoms with Crippen LogP contribution in [0, 0.1) is 13.8 Å². The Kier molecular flexibility index (Phi) is 5.88. The number of rotatable bonds is 6. The summed E-state index contributed by atoms with van der Waals surface area (Å²) < 4.78 is 29.0. The largest absolute Gasteiger partial charge is 0.351 e. The molecule has 1 saturated heterocycles. The Hall–Kier alpha value is -3.04. The van der Waals surface area contributed by atoms with Crippen molar-refractivity contribution in [1.29, 1.82) is 0 Å². The molecule has 0 unspecified atom stereocenters. The van der Waals surface area contributed by atoms with E-state index < -0.39 is 16.1 Å². The van der Waals surface area contributed by atoms with E-state index in [-0.39, 0.29) is 17.3 Å². The molecule has 3 aromatic rings. The van der Waals surface area contributed by atoms with E-state index >= 15 is 0 Å². The van der Waals surface area contributed by atoms with Crippen molar-refractivity contribution in [2.24, 2.45) is 0 Å². The Morgan fingerprint density at radius 1 is 1.16 bits per heavy atom. The van der Waals surface area contributed by atoms with E-state index in [0.29, 0.717) is 25.2 Å². The minimum Gasteiger partial charge on any atom is -0.351 e. The van der Waals surface area contributed by atoms with E-state index in [1.165, 1.54) is 4.31 Å². The first-order valence-corrected chi connectivity index (χ1v) is 11.6. The number of nitrogens with zero attached hydrogens (tertiary/aromatic N) is 4. The molecule has 31 heavy (non-hydrogen) atoms. The number of hydrogen-bond acceptors (Lipinski definition) is 5. The topological polar surface area (TPSA) is 97.2 Å². The lowest BCUT2D eigenvalue weighted by Gasteiger charge is -2.23. The molecule has 0 radical (unpaired) electrons. The molecule has 1 aliphatic heterocycles. The summed E-state index contributed by atoms with van der Waals surface area (Å²) in [4.78, 5) is 17.4. The van der Waals surface area contributed by atoms with Gasteiger partial charge in [0, 0.05) is 25.0 Å². The third-order valence-electron chi connectivity index (χ3n) is 5.36. The molecule has 1 aromatic carbocycles. The Balaban J connectivity index is 1.42. The number of hydrogen-bond donors (Lipinski definition) is 1. The normalized spacial score (nSPS) is 17.0. The molecule has 0 saturated carbocycles. The summed E-state index contributed by atoms with van der Waals surface area (Å²) >= 11 is 0. The summed E-state index contributed by atoms with van der Waals surface area (Å²) in [6.45, 7) is 4.51. The van der Waals surface area contributed by atoms with Crippen LogP contribution in [0.3, 0.4) is 0 Å². The number of carbonyl (C=O) groups is 1. The van der Waals surface area contributed by atoms with Gasteiger partial charge in [0.05, 0.1) is 10.6 Å². The monoisotopic (exact) mass is 439 g/mol. The van der Waals surface area contributed by atoms with Gasteiger partial charge in [0.15, 0.2) is 5.82 Å². The average molecular weight is 440 g/mol. The molecular formula is C22H25N5O3S. The van der Waals surface area contributed by atoms with Crippen molar-refractivity contribution in [3.63, 3.8) is 0 Å². The fraction of sp³-hybridized carbons (Fsp3) is 0.318. The number of sulfonamides is 1. The van der Waals surface area contributed by atoms with E-state index in [9.17, 15) is 13.2 Å². The Labute approximate surface area is 182 Å². The smallest absolute Gasteiger partial charge is 0.243 e. The zero-order valence-corrected chi connectivity index (χ0v) is 18.3. The van der Waals surface area contributed by atoms with Crippen LogP contribution in [0.2, 0.25) is 0 Å². The van der Waals surface area contributed by atoms with Crippen molar-refractivity contribution in [3.05, 3.63) is 71.7 Å². The Morgan fingerprint density at radius 2 is 1.94 bits per heavy atom. The first-order chi connectivity index (χ1) is 14.9. The fourth-order valence-corrected chi connectivity index (χ4v) is 5.51. The minimum atomic E-state index is -3.70. The molecule has 1 N–H and O–H groups in total. The van der Waals surface area contributed by atoms with Gasteiger partial charge >= 0.3 is 0 Å². The molecule has 4 rings (SSSR count). The number of benzene rings is 1. The average Bonchev–Trinajstić information content (AvgIpc) is 3.40. The van der Waals surface area contributed by atoms with Gasteiger partial charge < -0.3 is 5.32 Å². The van der Waals surface area contributed by atoms with Gasteiger partial charge in [-0.1, -0.05) is 24.3 Å². The van der Waals surface area contributed by atoms with Gasteiger partial charge in [-0.05, 0) is 56.5 Å². The highest BCUT2D eigenvalue weighted by molar-refractivity contribution is 7.89. The fourth-order valence-electron chi connectivity index (χ4n) is 3.83. The van der Waals surface area contributed by atoms with E-state index in [1.54, 1.807) is 41.2 Å². The zero-order chi connectivity index (χ0) is 22.0. The van der Waals surface area contributed by atoms with Crippen molar-refractivity contribution in [3.8, 4) is 5.82 Å². The SMILES string of the molecule is Cc1cc(C)n(-c2ccc(CNC(=O)[C@H]3CCCN3S(=O)(=O)c3ccccc3)cn2)n1. The maximum absolute atomic E-state index is 13.0. The first kappa shape index (κ1) is 21.2. The van der Waals surface area contributed by atoms with Crippen molar-refractivity contribution >= 4 is 15.9 Å². The molecular weight excluding hydrogens is 414 g/mol. The van der Waals surface area contributed by atoms with Crippen LogP contribution >= 0.6 is 0 Å². The third-order valence-corrected chi connectivity index (χ3v) is 7.28. The lowest BCUT2D eigenvalue weighted by Crippen LogP contribution is -2.45. The molecule has 1 atom stereocenters. The van der Waals surface area contributed by atoms with Crippen molar-refractivity contribution in [2.45, 2.75) is 44.2 Å². The molecule has 162 valence electrons. The molecule has 1 fully saturated rings. The van der Waals surface area contributed by atoms with E-state index in [1.807, 2.05) is 32.0 Å². The summed E-state index contributed by atoms with van der Waals surface area (Å²) in [6.07, 6.45) is 2.86. The maximum atomic E-state index is 13.0. The highest BCUT2D eigenvalue weighted by atomic mass is 32.2. The maximum Gasteiger partial charge on any atom is 0.243 e. The van der Waals surface area contributed by atoms with Gasteiger partial charge in [-0.3, -0.25) is 4.79 Å². The van der Waals surface area contributed by atoms with Crippen LogP contribution in [0.1, 0.15) is 29.8 Å². The first-order valence-electron chi connectivity index (χ1n) is 10.2. The molecule has 9 heteroatoms. The zero-order valence-electron chi connectivity index (χ0n) is 17.5. The minimum absolute atomic E-state index is 0.207. The summed E-state index contributed by atoms with van der Waals surface area (Å²) in [5.41, 5.74) is 2.74. The van der Waals surface area contributed by atoms with Gasteiger partial charge in [0.25, 0.3) is 0 Å². The highest BCUT2D eigenvalue weighted by Crippen LogP contribution is 2.26. The number of carbonyl (C=O) groups excluding carboxylic acids is 1. The van der Waals surface area contributed by atoms with Gasteiger partial charge in [0.2, 0.25) is 15.9 Å². The van der Waals surface area contributed by atoms with Gasteiger partial charge in [-0.2, -0.15) is 9.40 Å². The van der Waals surface area contributed by atoms with E-state index in [0.717, 1.165) is 17.0 Å². The quantitative estimate of drug-likeness (QED) is 0.636. The van der Waals surface area contributed by atoms with E-state index in [2.05, 4.69) is 15.4 Å². The molecule has 8 nitrogen and oxygen atoms in total. The standard InChI is InChI=1S/C22H25N5O3S/c1-16-13-17(2)27(25-16)21-11-10-18(14-23-21)15-24-22(28)20-9-6-12-26(20)31(29,30)19-7-4-3-5-8-19/h3-5,7-8,10-11,13-14,20H,6,9,12,15H2,1-2H3,(H,24,28)/t20-/m1/s1. The van der Waals surface area contributed by atoms with Gasteiger partial charge in [-0.25, -0.2) is 18.1 Å². The number of aromatic nitrogens is 3. The number of aryl methyl sites for hydroxylation is 2. The second-order valence-corrected chi connectivity index (χ2v) is 9.56. The van der Waals surface area contributed by atoms with Crippen molar-refractivity contribution in [1.82, 2.24) is 24.4 Å². The summed E-state index contributed by atoms with van der Waals surface area (Å²) in [5, 5.41) is 7.28. The lowest BCUT2D eigenvalue weighted by molar-refractivity contribution is -0.124. The third kappa shape index (κ3) is 4.38.